The van der Waals surface area contributed by atoms with Crippen LogP contribution in [0.5, 0.6) is 0 Å². The average Bonchev–Trinajstić information content (AvgIpc) is 2.61. The Bertz CT molecular complexity index is 396. The van der Waals surface area contributed by atoms with E-state index in [0.717, 1.165) is 12.8 Å². The van der Waals surface area contributed by atoms with Crippen LogP contribution in [0.25, 0.3) is 0 Å². The van der Waals surface area contributed by atoms with Crippen LogP contribution in [-0.2, 0) is 4.79 Å². The second-order valence-electron chi connectivity index (χ2n) is 7.43. The van der Waals surface area contributed by atoms with Crippen LogP contribution in [0.1, 0.15) is 40.5 Å². The van der Waals surface area contributed by atoms with Crippen LogP contribution in [0.3, 0.4) is 0 Å². The number of hydrogen-bond acceptors (Lipinski definition) is 2. The molecule has 0 aliphatic heterocycles. The number of rotatable bonds is 4. The van der Waals surface area contributed by atoms with Gasteiger partial charge in [-0.3, -0.25) is 4.79 Å². The molecule has 19 heavy (non-hydrogen) atoms. The predicted molar refractivity (Wildman–Crippen MR) is 76.6 cm³/mol. The quantitative estimate of drug-likeness (QED) is 0.768. The van der Waals surface area contributed by atoms with Crippen molar-refractivity contribution < 1.29 is 9.90 Å². The van der Waals surface area contributed by atoms with E-state index in [1.807, 2.05) is 20.8 Å². The highest BCUT2D eigenvalue weighted by Gasteiger charge is 2.63. The monoisotopic (exact) mass is 265 g/mol. The lowest BCUT2D eigenvalue weighted by Gasteiger charge is -2.59. The summed E-state index contributed by atoms with van der Waals surface area (Å²) in [5.41, 5.74) is 5.55. The van der Waals surface area contributed by atoms with E-state index in [1.54, 1.807) is 0 Å². The van der Waals surface area contributed by atoms with E-state index >= 15 is 0 Å². The molecule has 0 heterocycles. The molecule has 108 valence electrons. The van der Waals surface area contributed by atoms with Crippen LogP contribution < -0.4 is 5.73 Å². The number of aliphatic carboxylic acids is 1. The van der Waals surface area contributed by atoms with Gasteiger partial charge in [0.25, 0.3) is 0 Å². The summed E-state index contributed by atoms with van der Waals surface area (Å²) in [7, 11) is 0. The summed E-state index contributed by atoms with van der Waals surface area (Å²) in [5, 5.41) is 9.70. The highest BCUT2D eigenvalue weighted by Crippen LogP contribution is 2.64. The number of hydrogen-bond donors (Lipinski definition) is 2. The first-order valence-electron chi connectivity index (χ1n) is 7.39. The molecule has 0 bridgehead atoms. The van der Waals surface area contributed by atoms with E-state index in [1.165, 1.54) is 0 Å². The van der Waals surface area contributed by atoms with E-state index in [9.17, 15) is 9.90 Å². The van der Waals surface area contributed by atoms with Gasteiger partial charge >= 0.3 is 5.97 Å². The van der Waals surface area contributed by atoms with Crippen LogP contribution in [0.15, 0.2) is 12.2 Å². The van der Waals surface area contributed by atoms with Gasteiger partial charge in [-0.15, -0.1) is 0 Å². The number of carboxylic acids is 1. The number of carboxylic acid groups (broad SMARTS) is 1. The molecule has 0 amide bonds. The lowest BCUT2D eigenvalue weighted by Crippen LogP contribution is -2.60. The molecule has 1 saturated carbocycles. The Hall–Kier alpha value is -0.830. The van der Waals surface area contributed by atoms with Crippen molar-refractivity contribution in [2.75, 3.05) is 6.54 Å². The Balaban J connectivity index is 2.31. The van der Waals surface area contributed by atoms with Gasteiger partial charge in [0.2, 0.25) is 0 Å². The third-order valence-electron chi connectivity index (χ3n) is 5.40. The minimum atomic E-state index is -0.690. The molecule has 5 atom stereocenters. The molecule has 3 nitrogen and oxygen atoms in total. The predicted octanol–water partition coefficient (Wildman–Crippen LogP) is 2.91. The number of carbonyl (C=O) groups is 1. The smallest absolute Gasteiger partial charge is 0.307 e. The fraction of sp³-hybridized carbons (Fsp3) is 0.812. The minimum Gasteiger partial charge on any atom is -0.481 e. The zero-order valence-electron chi connectivity index (χ0n) is 12.5. The van der Waals surface area contributed by atoms with Crippen molar-refractivity contribution in [1.82, 2.24) is 0 Å². The van der Waals surface area contributed by atoms with Crippen molar-refractivity contribution in [3.05, 3.63) is 12.2 Å². The van der Waals surface area contributed by atoms with Crippen LogP contribution in [0, 0.1) is 34.5 Å². The summed E-state index contributed by atoms with van der Waals surface area (Å²) in [6.45, 7) is 8.74. The van der Waals surface area contributed by atoms with E-state index in [4.69, 9.17) is 5.73 Å². The molecule has 2 aliphatic rings. The lowest BCUT2D eigenvalue weighted by molar-refractivity contribution is -0.168. The van der Waals surface area contributed by atoms with Crippen molar-refractivity contribution in [1.29, 1.82) is 0 Å². The first-order valence-corrected chi connectivity index (χ1v) is 7.39. The third-order valence-corrected chi connectivity index (χ3v) is 5.40. The second kappa shape index (κ2) is 4.62. The van der Waals surface area contributed by atoms with Gasteiger partial charge < -0.3 is 10.8 Å². The Labute approximate surface area is 116 Å². The van der Waals surface area contributed by atoms with Gasteiger partial charge in [-0.1, -0.05) is 39.8 Å². The molecule has 3 N–H and O–H groups in total. The highest BCUT2D eigenvalue weighted by molar-refractivity contribution is 5.72. The topological polar surface area (TPSA) is 63.3 Å². The standard InChI is InChI=1S/C16H27NO2/c1-5-10-6-7-12-11(10)8-16(12,9-17)13(14(18)19)15(2,3)4/h6-7,10-13H,5,8-9,17H2,1-4H3,(H,18,19)/t10?,11-,12+,13?,16+/m0/s1. The van der Waals surface area contributed by atoms with Gasteiger partial charge in [0.1, 0.15) is 0 Å². The average molecular weight is 265 g/mol. The summed E-state index contributed by atoms with van der Waals surface area (Å²) >= 11 is 0. The summed E-state index contributed by atoms with van der Waals surface area (Å²) in [4.78, 5) is 11.8. The zero-order chi connectivity index (χ0) is 14.4. The van der Waals surface area contributed by atoms with Gasteiger partial charge in [0, 0.05) is 5.41 Å². The third kappa shape index (κ3) is 2.03. The number of fused-ring (bicyclic) bond motifs is 1. The molecule has 2 aliphatic carbocycles. The van der Waals surface area contributed by atoms with Gasteiger partial charge in [-0.05, 0) is 42.6 Å². The van der Waals surface area contributed by atoms with Crippen molar-refractivity contribution in [2.45, 2.75) is 40.5 Å². The fourth-order valence-electron chi connectivity index (χ4n) is 4.69. The molecule has 3 heteroatoms. The molecular weight excluding hydrogens is 238 g/mol. The fourth-order valence-corrected chi connectivity index (χ4v) is 4.69. The van der Waals surface area contributed by atoms with Crippen LogP contribution in [-0.4, -0.2) is 17.6 Å². The molecule has 1 fully saturated rings. The summed E-state index contributed by atoms with van der Waals surface area (Å²) in [6.07, 6.45) is 6.64. The van der Waals surface area contributed by atoms with Crippen LogP contribution >= 0.6 is 0 Å². The second-order valence-corrected chi connectivity index (χ2v) is 7.43. The summed E-state index contributed by atoms with van der Waals surface area (Å²) < 4.78 is 0. The first-order chi connectivity index (χ1) is 8.78. The van der Waals surface area contributed by atoms with Crippen molar-refractivity contribution in [2.24, 2.45) is 40.2 Å². The number of allylic oxidation sites excluding steroid dienone is 2. The molecule has 0 spiro atoms. The van der Waals surface area contributed by atoms with Gasteiger partial charge in [-0.2, -0.15) is 0 Å². The maximum absolute atomic E-state index is 11.8. The lowest BCUT2D eigenvalue weighted by atomic mass is 9.45. The summed E-state index contributed by atoms with van der Waals surface area (Å²) in [5.74, 6) is 0.552. The summed E-state index contributed by atoms with van der Waals surface area (Å²) in [6, 6.07) is 0. The van der Waals surface area contributed by atoms with E-state index in [-0.39, 0.29) is 16.7 Å². The largest absolute Gasteiger partial charge is 0.481 e. The molecule has 0 aromatic carbocycles. The maximum Gasteiger partial charge on any atom is 0.307 e. The molecule has 0 saturated heterocycles. The van der Waals surface area contributed by atoms with E-state index in [0.29, 0.717) is 24.3 Å². The highest BCUT2D eigenvalue weighted by atomic mass is 16.4. The molecule has 0 radical (unpaired) electrons. The molecule has 2 unspecified atom stereocenters. The van der Waals surface area contributed by atoms with Gasteiger partial charge in [0.05, 0.1) is 5.92 Å². The first kappa shape index (κ1) is 14.6. The molecule has 2 rings (SSSR count). The molecule has 0 aromatic rings. The van der Waals surface area contributed by atoms with E-state index in [2.05, 4.69) is 19.1 Å². The van der Waals surface area contributed by atoms with Crippen molar-refractivity contribution in [3.8, 4) is 0 Å². The van der Waals surface area contributed by atoms with Gasteiger partial charge in [-0.25, -0.2) is 0 Å². The normalized spacial score (nSPS) is 38.7. The van der Waals surface area contributed by atoms with Gasteiger partial charge in [0.15, 0.2) is 0 Å². The van der Waals surface area contributed by atoms with Crippen LogP contribution in [0.2, 0.25) is 0 Å². The number of nitrogens with two attached hydrogens (primary N) is 1. The van der Waals surface area contributed by atoms with Crippen LogP contribution in [0.4, 0.5) is 0 Å². The minimum absolute atomic E-state index is 0.241. The molecule has 0 aromatic heterocycles. The van der Waals surface area contributed by atoms with Crippen molar-refractivity contribution >= 4 is 5.97 Å². The Morgan fingerprint density at radius 3 is 2.53 bits per heavy atom. The SMILES string of the molecule is CCC1C=C[C@@H]2[C@H]1C[C@]2(CN)C(C(=O)O)C(C)(C)C. The molecular formula is C16H27NO2. The zero-order valence-corrected chi connectivity index (χ0v) is 12.5. The Kier molecular flexibility index (Phi) is 3.54. The Morgan fingerprint density at radius 2 is 2.11 bits per heavy atom. The van der Waals surface area contributed by atoms with E-state index < -0.39 is 5.97 Å². The maximum atomic E-state index is 11.8. The Morgan fingerprint density at radius 1 is 1.47 bits per heavy atom. The van der Waals surface area contributed by atoms with Crippen molar-refractivity contribution in [3.63, 3.8) is 0 Å².